The van der Waals surface area contributed by atoms with E-state index in [9.17, 15) is 13.2 Å². The Morgan fingerprint density at radius 2 is 2.04 bits per heavy atom. The lowest BCUT2D eigenvalue weighted by Crippen LogP contribution is -2.45. The quantitative estimate of drug-likeness (QED) is 0.645. The van der Waals surface area contributed by atoms with Crippen molar-refractivity contribution in [1.29, 1.82) is 0 Å². The van der Waals surface area contributed by atoms with E-state index >= 15 is 0 Å². The molecule has 2 N–H and O–H groups in total. The number of hydrogen-bond donors (Lipinski definition) is 2. The average molecular weight is 348 g/mol. The predicted molar refractivity (Wildman–Crippen MR) is 86.5 cm³/mol. The molecule has 1 aliphatic rings. The van der Waals surface area contributed by atoms with Crippen LogP contribution in [0.1, 0.15) is 50.2 Å². The smallest absolute Gasteiger partial charge is 0.354 e. The summed E-state index contributed by atoms with van der Waals surface area (Å²) in [5.41, 5.74) is -0.443. The highest BCUT2D eigenvalue weighted by Crippen LogP contribution is 2.35. The summed E-state index contributed by atoms with van der Waals surface area (Å²) >= 11 is 0.998. The van der Waals surface area contributed by atoms with E-state index in [1.165, 1.54) is 0 Å². The van der Waals surface area contributed by atoms with Crippen molar-refractivity contribution in [3.63, 3.8) is 0 Å². The summed E-state index contributed by atoms with van der Waals surface area (Å²) in [6.07, 6.45) is 0.0715. The van der Waals surface area contributed by atoms with Crippen LogP contribution < -0.4 is 10.6 Å². The summed E-state index contributed by atoms with van der Waals surface area (Å²) in [5, 5.41) is 7.81. The largest absolute Gasteiger partial charge is 0.434 e. The van der Waals surface area contributed by atoms with Gasteiger partial charge in [-0.25, -0.2) is 4.98 Å². The van der Waals surface area contributed by atoms with Gasteiger partial charge in [0, 0.05) is 18.5 Å². The molecule has 0 bridgehead atoms. The first-order valence-electron chi connectivity index (χ1n) is 7.68. The third kappa shape index (κ3) is 5.37. The molecule has 1 fully saturated rings. The molecule has 4 nitrogen and oxygen atoms in total. The summed E-state index contributed by atoms with van der Waals surface area (Å²) < 4.78 is 37.6. The van der Waals surface area contributed by atoms with E-state index < -0.39 is 11.9 Å². The molecule has 1 aromatic rings. The molecule has 1 aromatic heterocycles. The van der Waals surface area contributed by atoms with Gasteiger partial charge in [-0.05, 0) is 31.1 Å². The van der Waals surface area contributed by atoms with Gasteiger partial charge < -0.3 is 10.6 Å². The van der Waals surface area contributed by atoms with E-state index in [-0.39, 0.29) is 6.54 Å². The molecule has 1 aliphatic carbocycles. The van der Waals surface area contributed by atoms with Crippen LogP contribution in [0, 0.1) is 5.41 Å². The molecule has 2 rings (SSSR count). The summed E-state index contributed by atoms with van der Waals surface area (Å²) in [6, 6.07) is 0.358. The van der Waals surface area contributed by atoms with Crippen LogP contribution in [0.25, 0.3) is 0 Å². The SMILES string of the molecule is CN=C(NCc1nc(C(F)(F)F)cs1)NC1CCC(C)(C)CC1. The lowest BCUT2D eigenvalue weighted by molar-refractivity contribution is -0.140. The fraction of sp³-hybridized carbons (Fsp3) is 0.733. The van der Waals surface area contributed by atoms with Crippen molar-refractivity contribution in [3.8, 4) is 0 Å². The van der Waals surface area contributed by atoms with Gasteiger partial charge in [-0.15, -0.1) is 11.3 Å². The Morgan fingerprint density at radius 3 is 2.57 bits per heavy atom. The lowest BCUT2D eigenvalue weighted by Gasteiger charge is -2.35. The summed E-state index contributed by atoms with van der Waals surface area (Å²) in [5.74, 6) is 0.610. The van der Waals surface area contributed by atoms with Crippen molar-refractivity contribution in [2.24, 2.45) is 10.4 Å². The second-order valence-electron chi connectivity index (χ2n) is 6.63. The van der Waals surface area contributed by atoms with Crippen molar-refractivity contribution in [3.05, 3.63) is 16.1 Å². The highest BCUT2D eigenvalue weighted by Gasteiger charge is 2.33. The van der Waals surface area contributed by atoms with Crippen molar-refractivity contribution in [2.75, 3.05) is 7.05 Å². The minimum atomic E-state index is -4.39. The van der Waals surface area contributed by atoms with Gasteiger partial charge in [0.15, 0.2) is 11.7 Å². The molecule has 1 saturated carbocycles. The lowest BCUT2D eigenvalue weighted by atomic mass is 9.75. The zero-order chi connectivity index (χ0) is 17.1. The number of aromatic nitrogens is 1. The van der Waals surface area contributed by atoms with Crippen molar-refractivity contribution in [2.45, 2.75) is 58.3 Å². The number of hydrogen-bond acceptors (Lipinski definition) is 3. The third-order valence-corrected chi connectivity index (χ3v) is 5.00. The zero-order valence-electron chi connectivity index (χ0n) is 13.6. The monoisotopic (exact) mass is 348 g/mol. The van der Waals surface area contributed by atoms with Crippen LogP contribution in [0.15, 0.2) is 10.4 Å². The van der Waals surface area contributed by atoms with Crippen LogP contribution in [0.2, 0.25) is 0 Å². The predicted octanol–water partition coefficient (Wildman–Crippen LogP) is 3.80. The standard InChI is InChI=1S/C15H23F3N4S/c1-14(2)6-4-10(5-7-14)21-13(19-3)20-8-12-22-11(9-23-12)15(16,17)18/h9-10H,4-8H2,1-3H3,(H2,19,20,21). The van der Waals surface area contributed by atoms with Gasteiger partial charge in [-0.3, -0.25) is 4.99 Å². The van der Waals surface area contributed by atoms with E-state index in [0.717, 1.165) is 42.4 Å². The second kappa shape index (κ2) is 7.07. The van der Waals surface area contributed by atoms with Crippen LogP contribution >= 0.6 is 11.3 Å². The van der Waals surface area contributed by atoms with Crippen LogP contribution in [-0.4, -0.2) is 24.0 Å². The molecule has 8 heteroatoms. The Balaban J connectivity index is 1.83. The number of nitrogens with one attached hydrogen (secondary N) is 2. The van der Waals surface area contributed by atoms with Gasteiger partial charge in [0.2, 0.25) is 0 Å². The van der Waals surface area contributed by atoms with Crippen LogP contribution in [-0.2, 0) is 12.7 Å². The number of halogens is 3. The first kappa shape index (κ1) is 18.0. The molecule has 0 spiro atoms. The fourth-order valence-corrected chi connectivity index (χ4v) is 3.35. The van der Waals surface area contributed by atoms with E-state index in [1.54, 1.807) is 7.05 Å². The Bertz CT molecular complexity index is 541. The molecule has 0 unspecified atom stereocenters. The summed E-state index contributed by atoms with van der Waals surface area (Å²) in [6.45, 7) is 4.78. The van der Waals surface area contributed by atoms with Crippen molar-refractivity contribution in [1.82, 2.24) is 15.6 Å². The normalized spacial score (nSPS) is 19.7. The topological polar surface area (TPSA) is 49.3 Å². The number of nitrogens with zero attached hydrogens (tertiary/aromatic N) is 2. The molecule has 0 radical (unpaired) electrons. The average Bonchev–Trinajstić information content (AvgIpc) is 2.94. The Kier molecular flexibility index (Phi) is 5.54. The molecule has 0 amide bonds. The van der Waals surface area contributed by atoms with Crippen molar-refractivity contribution < 1.29 is 13.2 Å². The Hall–Kier alpha value is -1.31. The van der Waals surface area contributed by atoms with Crippen LogP contribution in [0.4, 0.5) is 13.2 Å². The van der Waals surface area contributed by atoms with Crippen LogP contribution in [0.3, 0.4) is 0 Å². The second-order valence-corrected chi connectivity index (χ2v) is 7.58. The molecule has 1 heterocycles. The van der Waals surface area contributed by atoms with Gasteiger partial charge in [0.1, 0.15) is 5.01 Å². The van der Waals surface area contributed by atoms with E-state index in [0.29, 0.717) is 22.4 Å². The molecule has 0 atom stereocenters. The van der Waals surface area contributed by atoms with Gasteiger partial charge in [-0.1, -0.05) is 13.8 Å². The molecular formula is C15H23F3N4S. The van der Waals surface area contributed by atoms with Gasteiger partial charge >= 0.3 is 6.18 Å². The highest BCUT2D eigenvalue weighted by molar-refractivity contribution is 7.09. The first-order chi connectivity index (χ1) is 10.7. The van der Waals surface area contributed by atoms with Gasteiger partial charge in [0.25, 0.3) is 0 Å². The molecule has 0 aromatic carbocycles. The number of rotatable bonds is 3. The third-order valence-electron chi connectivity index (χ3n) is 4.15. The molecule has 23 heavy (non-hydrogen) atoms. The van der Waals surface area contributed by atoms with E-state index in [2.05, 4.69) is 34.5 Å². The molecular weight excluding hydrogens is 325 g/mol. The van der Waals surface area contributed by atoms with Crippen LogP contribution in [0.5, 0.6) is 0 Å². The maximum absolute atomic E-state index is 12.5. The number of guanidine groups is 1. The molecule has 130 valence electrons. The highest BCUT2D eigenvalue weighted by atomic mass is 32.1. The Labute approximate surface area is 138 Å². The maximum atomic E-state index is 12.5. The summed E-state index contributed by atoms with van der Waals surface area (Å²) in [4.78, 5) is 7.74. The van der Waals surface area contributed by atoms with Gasteiger partial charge in [0.05, 0.1) is 6.54 Å². The minimum Gasteiger partial charge on any atom is -0.354 e. The Morgan fingerprint density at radius 1 is 1.39 bits per heavy atom. The zero-order valence-corrected chi connectivity index (χ0v) is 14.4. The van der Waals surface area contributed by atoms with E-state index in [1.807, 2.05) is 0 Å². The molecule has 0 saturated heterocycles. The molecule has 0 aliphatic heterocycles. The number of aliphatic imine (C=N–C) groups is 1. The maximum Gasteiger partial charge on any atom is 0.434 e. The fourth-order valence-electron chi connectivity index (χ4n) is 2.61. The minimum absolute atomic E-state index is 0.235. The first-order valence-corrected chi connectivity index (χ1v) is 8.56. The summed E-state index contributed by atoms with van der Waals surface area (Å²) in [7, 11) is 1.66. The van der Waals surface area contributed by atoms with Gasteiger partial charge in [-0.2, -0.15) is 13.2 Å². The van der Waals surface area contributed by atoms with E-state index in [4.69, 9.17) is 0 Å². The number of thiazole rings is 1. The van der Waals surface area contributed by atoms with Crippen molar-refractivity contribution >= 4 is 17.3 Å². The number of alkyl halides is 3.